The maximum atomic E-state index is 14.0. The Bertz CT molecular complexity index is 905. The number of nitrogens with zero attached hydrogens (tertiary/aromatic N) is 1. The van der Waals surface area contributed by atoms with Gasteiger partial charge in [0, 0.05) is 44.8 Å². The van der Waals surface area contributed by atoms with Gasteiger partial charge in [0.15, 0.2) is 0 Å². The van der Waals surface area contributed by atoms with Crippen molar-refractivity contribution >= 4 is 17.8 Å². The maximum Gasteiger partial charge on any atom is 0.320 e. The van der Waals surface area contributed by atoms with E-state index in [1.54, 1.807) is 12.0 Å². The molecule has 0 bridgehead atoms. The predicted octanol–water partition coefficient (Wildman–Crippen LogP) is 4.14. The highest BCUT2D eigenvalue weighted by Gasteiger charge is 2.60. The molecule has 0 aromatic carbocycles. The topological polar surface area (TPSA) is 94.2 Å². The summed E-state index contributed by atoms with van der Waals surface area (Å²) in [6.07, 6.45) is 9.61. The highest BCUT2D eigenvalue weighted by Crippen LogP contribution is 2.52. The molecule has 2 amide bonds. The summed E-state index contributed by atoms with van der Waals surface area (Å²) in [7, 11) is 3.00. The first-order chi connectivity index (χ1) is 17.5. The molecule has 1 saturated heterocycles. The van der Waals surface area contributed by atoms with Crippen molar-refractivity contribution in [3.63, 3.8) is 0 Å². The number of likely N-dealkylation sites (tertiary alicyclic amines) is 1. The van der Waals surface area contributed by atoms with Crippen molar-refractivity contribution in [1.29, 1.82) is 0 Å². The molecule has 0 aromatic heterocycles. The average Bonchev–Trinajstić information content (AvgIpc) is 2.86. The number of rotatable bonds is 10. The highest BCUT2D eigenvalue weighted by molar-refractivity contribution is 5.92. The predicted molar refractivity (Wildman–Crippen MR) is 141 cm³/mol. The van der Waals surface area contributed by atoms with E-state index in [1.165, 1.54) is 19.1 Å². The van der Waals surface area contributed by atoms with Crippen LogP contribution in [0, 0.1) is 16.7 Å². The molecule has 37 heavy (non-hydrogen) atoms. The first-order valence-electron chi connectivity index (χ1n) is 13.8. The number of fused-ring (bicyclic) bond motifs is 1. The molecule has 8 nitrogen and oxygen atoms in total. The number of nitrogens with one attached hydrogen (secondary N) is 1. The average molecular weight is 519 g/mol. The van der Waals surface area contributed by atoms with Gasteiger partial charge in [0.2, 0.25) is 11.8 Å². The monoisotopic (exact) mass is 518 g/mol. The molecule has 1 N–H and O–H groups in total. The number of methoxy groups -OCH3 is 2. The van der Waals surface area contributed by atoms with Gasteiger partial charge in [-0.15, -0.1) is 0 Å². The second kappa shape index (κ2) is 12.6. The first kappa shape index (κ1) is 29.4. The van der Waals surface area contributed by atoms with E-state index in [0.717, 1.165) is 25.7 Å². The molecule has 1 fully saturated rings. The molecule has 8 heteroatoms. The molecule has 2 aliphatic heterocycles. The van der Waals surface area contributed by atoms with Gasteiger partial charge in [-0.05, 0) is 63.4 Å². The van der Waals surface area contributed by atoms with E-state index < -0.39 is 23.4 Å². The second-order valence-electron chi connectivity index (χ2n) is 11.7. The first-order valence-corrected chi connectivity index (χ1v) is 13.8. The Morgan fingerprint density at radius 2 is 2.00 bits per heavy atom. The summed E-state index contributed by atoms with van der Waals surface area (Å²) in [6.45, 7) is 9.66. The van der Waals surface area contributed by atoms with Gasteiger partial charge >= 0.3 is 5.97 Å². The Morgan fingerprint density at radius 3 is 2.62 bits per heavy atom. The fourth-order valence-corrected chi connectivity index (χ4v) is 5.80. The van der Waals surface area contributed by atoms with Crippen LogP contribution in [0.2, 0.25) is 0 Å². The minimum absolute atomic E-state index is 0.0203. The van der Waals surface area contributed by atoms with Crippen LogP contribution < -0.4 is 5.32 Å². The molecule has 0 unspecified atom stereocenters. The van der Waals surface area contributed by atoms with Crippen molar-refractivity contribution in [2.45, 2.75) is 91.3 Å². The van der Waals surface area contributed by atoms with Crippen LogP contribution in [-0.2, 0) is 28.6 Å². The van der Waals surface area contributed by atoms with Crippen LogP contribution in [0.25, 0.3) is 0 Å². The number of hydrogen-bond acceptors (Lipinski definition) is 6. The van der Waals surface area contributed by atoms with Crippen molar-refractivity contribution in [2.75, 3.05) is 33.9 Å². The minimum Gasteiger partial charge on any atom is -0.468 e. The molecule has 1 aliphatic carbocycles. The summed E-state index contributed by atoms with van der Waals surface area (Å²) in [6, 6.07) is 0. The lowest BCUT2D eigenvalue weighted by atomic mass is 9.65. The number of hydrogen-bond donors (Lipinski definition) is 1. The van der Waals surface area contributed by atoms with E-state index in [4.69, 9.17) is 14.2 Å². The normalized spacial score (nSPS) is 28.2. The van der Waals surface area contributed by atoms with Gasteiger partial charge in [-0.25, -0.2) is 0 Å². The summed E-state index contributed by atoms with van der Waals surface area (Å²) in [5.41, 5.74) is 0.667. The van der Waals surface area contributed by atoms with Crippen LogP contribution in [0.15, 0.2) is 23.4 Å². The Kier molecular flexibility index (Phi) is 9.98. The van der Waals surface area contributed by atoms with Gasteiger partial charge in [0.25, 0.3) is 0 Å². The van der Waals surface area contributed by atoms with Crippen LogP contribution in [0.3, 0.4) is 0 Å². The zero-order valence-electron chi connectivity index (χ0n) is 23.6. The molecule has 3 aliphatic rings. The van der Waals surface area contributed by atoms with Gasteiger partial charge in [0.1, 0.15) is 5.41 Å². The van der Waals surface area contributed by atoms with Crippen molar-refractivity contribution in [2.24, 2.45) is 16.7 Å². The quantitative estimate of drug-likeness (QED) is 0.265. The second-order valence-corrected chi connectivity index (χ2v) is 11.7. The van der Waals surface area contributed by atoms with Gasteiger partial charge in [0.05, 0.1) is 19.3 Å². The van der Waals surface area contributed by atoms with E-state index in [-0.39, 0.29) is 36.2 Å². The number of amides is 2. The molecule has 208 valence electrons. The molecular weight excluding hydrogens is 472 g/mol. The molecule has 4 atom stereocenters. The minimum atomic E-state index is -1.15. The van der Waals surface area contributed by atoms with E-state index in [2.05, 4.69) is 32.2 Å². The third kappa shape index (κ3) is 6.63. The van der Waals surface area contributed by atoms with Gasteiger partial charge in [-0.3, -0.25) is 14.4 Å². The number of allylic oxidation sites excluding steroid dienone is 1. The fourth-order valence-electron chi connectivity index (χ4n) is 5.80. The SMILES string of the molecule is COCCCNC(=O)C[C@H]1C[C@@]2(C(=O)OC)C(=C[C@H](C(C)(C)C)O[C@@H]2C)N(CCC2=CCCCC2)C1=O. The largest absolute Gasteiger partial charge is 0.468 e. The Balaban J connectivity index is 1.96. The summed E-state index contributed by atoms with van der Waals surface area (Å²) >= 11 is 0. The molecule has 2 heterocycles. The lowest BCUT2D eigenvalue weighted by Crippen LogP contribution is -2.61. The van der Waals surface area contributed by atoms with Gasteiger partial charge < -0.3 is 24.4 Å². The molecule has 3 rings (SSSR count). The van der Waals surface area contributed by atoms with Crippen LogP contribution in [0.5, 0.6) is 0 Å². The van der Waals surface area contributed by atoms with Crippen molar-refractivity contribution in [3.05, 3.63) is 23.4 Å². The standard InChI is InChI=1S/C29H46N2O6/c1-20-29(27(34)36-6)19-22(17-25(32)30-14-10-16-35-5)26(33)31(15-13-21-11-8-7-9-12-21)23(29)18-24(37-20)28(2,3)4/h11,18,20,22,24H,7-10,12-17,19H2,1-6H3,(H,30,32)/t20-,22+,24-,29+/m1/s1. The van der Waals surface area contributed by atoms with E-state index in [0.29, 0.717) is 31.8 Å². The molecule has 0 aromatic rings. The van der Waals surface area contributed by atoms with Crippen LogP contribution >= 0.6 is 0 Å². The summed E-state index contributed by atoms with van der Waals surface area (Å²) in [5, 5.41) is 2.89. The number of esters is 1. The molecule has 0 radical (unpaired) electrons. The van der Waals surface area contributed by atoms with Crippen molar-refractivity contribution in [1.82, 2.24) is 10.2 Å². The summed E-state index contributed by atoms with van der Waals surface area (Å²) in [5.74, 6) is -1.36. The third-order valence-corrected chi connectivity index (χ3v) is 8.01. The highest BCUT2D eigenvalue weighted by atomic mass is 16.5. The van der Waals surface area contributed by atoms with E-state index in [1.807, 2.05) is 13.0 Å². The van der Waals surface area contributed by atoms with Gasteiger partial charge in [-0.2, -0.15) is 0 Å². The zero-order valence-corrected chi connectivity index (χ0v) is 23.6. The van der Waals surface area contributed by atoms with Gasteiger partial charge in [-0.1, -0.05) is 32.4 Å². The van der Waals surface area contributed by atoms with Crippen molar-refractivity contribution < 1.29 is 28.6 Å². The lowest BCUT2D eigenvalue weighted by molar-refractivity contribution is -0.180. The summed E-state index contributed by atoms with van der Waals surface area (Å²) in [4.78, 5) is 42.1. The summed E-state index contributed by atoms with van der Waals surface area (Å²) < 4.78 is 16.8. The third-order valence-electron chi connectivity index (χ3n) is 8.01. The number of ether oxygens (including phenoxy) is 3. The van der Waals surface area contributed by atoms with Crippen LogP contribution in [0.4, 0.5) is 0 Å². The number of carbonyl (C=O) groups excluding carboxylic acids is 3. The Hall–Kier alpha value is -2.19. The van der Waals surface area contributed by atoms with Crippen molar-refractivity contribution in [3.8, 4) is 0 Å². The van der Waals surface area contributed by atoms with Crippen LogP contribution in [-0.4, -0.2) is 68.8 Å². The molecular formula is C29H46N2O6. The zero-order chi connectivity index (χ0) is 27.2. The molecule has 0 saturated carbocycles. The molecule has 0 spiro atoms. The maximum absolute atomic E-state index is 14.0. The van der Waals surface area contributed by atoms with E-state index in [9.17, 15) is 14.4 Å². The van der Waals surface area contributed by atoms with Crippen LogP contribution in [0.1, 0.15) is 79.1 Å². The number of piperidine rings is 1. The number of carbonyl (C=O) groups is 3. The Labute approximate surface area is 222 Å². The Morgan fingerprint density at radius 1 is 1.24 bits per heavy atom. The lowest BCUT2D eigenvalue weighted by Gasteiger charge is -2.53. The van der Waals surface area contributed by atoms with E-state index >= 15 is 0 Å². The fraction of sp³-hybridized carbons (Fsp3) is 0.759. The smallest absolute Gasteiger partial charge is 0.320 e.